The summed E-state index contributed by atoms with van der Waals surface area (Å²) in [5.74, 6) is 0.855. The summed E-state index contributed by atoms with van der Waals surface area (Å²) >= 11 is 0. The maximum atomic E-state index is 12.3. The molecule has 2 rings (SSSR count). The van der Waals surface area contributed by atoms with E-state index < -0.39 is 11.9 Å². The molecule has 8 nitrogen and oxygen atoms in total. The Morgan fingerprint density at radius 1 is 1.27 bits per heavy atom. The van der Waals surface area contributed by atoms with E-state index in [1.807, 2.05) is 6.92 Å². The molecule has 0 saturated carbocycles. The van der Waals surface area contributed by atoms with Crippen LogP contribution in [0.2, 0.25) is 0 Å². The number of carbonyl (C=O) groups is 2. The summed E-state index contributed by atoms with van der Waals surface area (Å²) in [6, 6.07) is 6.04. The van der Waals surface area contributed by atoms with Gasteiger partial charge in [-0.3, -0.25) is 9.59 Å². The van der Waals surface area contributed by atoms with Crippen LogP contribution in [0.4, 0.5) is 0 Å². The Morgan fingerprint density at radius 2 is 2.00 bits per heavy atom. The van der Waals surface area contributed by atoms with Crippen LogP contribution in [0, 0.1) is 0 Å². The Balaban J connectivity index is 2.19. The van der Waals surface area contributed by atoms with E-state index in [1.165, 1.54) is 18.1 Å². The van der Waals surface area contributed by atoms with Crippen LogP contribution >= 0.6 is 0 Å². The first kappa shape index (κ1) is 19.3. The summed E-state index contributed by atoms with van der Waals surface area (Å²) in [6.07, 6.45) is 0. The number of rotatable bonds is 7. The lowest BCUT2D eigenvalue weighted by molar-refractivity contribution is -0.131. The fourth-order valence-corrected chi connectivity index (χ4v) is 2.33. The monoisotopic (exact) mass is 361 g/mol. The van der Waals surface area contributed by atoms with Crippen LogP contribution in [-0.2, 0) is 4.79 Å². The van der Waals surface area contributed by atoms with Gasteiger partial charge in [-0.2, -0.15) is 0 Å². The van der Waals surface area contributed by atoms with Crippen LogP contribution in [0.1, 0.15) is 24.3 Å². The fourth-order valence-electron chi connectivity index (χ4n) is 2.33. The molecule has 2 amide bonds. The van der Waals surface area contributed by atoms with E-state index in [-0.39, 0.29) is 11.6 Å². The summed E-state index contributed by atoms with van der Waals surface area (Å²) in [6.45, 7) is 4.04. The van der Waals surface area contributed by atoms with Crippen LogP contribution in [0.5, 0.6) is 11.5 Å². The number of nitrogens with one attached hydrogen (secondary N) is 1. The van der Waals surface area contributed by atoms with Gasteiger partial charge in [-0.1, -0.05) is 5.16 Å². The van der Waals surface area contributed by atoms with Crippen molar-refractivity contribution in [1.82, 2.24) is 15.4 Å². The molecule has 1 aromatic heterocycles. The zero-order chi connectivity index (χ0) is 19.3. The van der Waals surface area contributed by atoms with E-state index in [1.54, 1.807) is 39.3 Å². The lowest BCUT2D eigenvalue weighted by Gasteiger charge is -2.20. The third-order valence-electron chi connectivity index (χ3n) is 3.98. The number of nitrogens with zero attached hydrogens (tertiary/aromatic N) is 2. The van der Waals surface area contributed by atoms with E-state index in [0.717, 1.165) is 0 Å². The van der Waals surface area contributed by atoms with Gasteiger partial charge < -0.3 is 24.2 Å². The first-order valence-electron chi connectivity index (χ1n) is 8.16. The molecule has 1 heterocycles. The molecule has 0 aliphatic rings. The number of amides is 2. The molecular weight excluding hydrogens is 338 g/mol. The molecule has 0 spiro atoms. The second kappa shape index (κ2) is 8.37. The Kier molecular flexibility index (Phi) is 6.21. The lowest BCUT2D eigenvalue weighted by atomic mass is 10.1. The summed E-state index contributed by atoms with van der Waals surface area (Å²) in [5.41, 5.74) is 0.678. The number of benzene rings is 1. The van der Waals surface area contributed by atoms with Crippen molar-refractivity contribution < 1.29 is 23.6 Å². The van der Waals surface area contributed by atoms with Gasteiger partial charge in [-0.15, -0.1) is 0 Å². The van der Waals surface area contributed by atoms with E-state index in [0.29, 0.717) is 29.4 Å². The maximum Gasteiger partial charge on any atom is 0.274 e. The molecule has 0 aliphatic carbocycles. The van der Waals surface area contributed by atoms with E-state index in [9.17, 15) is 9.59 Å². The molecule has 8 heteroatoms. The van der Waals surface area contributed by atoms with Gasteiger partial charge in [0.15, 0.2) is 11.5 Å². The molecule has 0 unspecified atom stereocenters. The highest BCUT2D eigenvalue weighted by Gasteiger charge is 2.22. The SMILES string of the molecule is CCN(C)C(=O)[C@H](C)NC(=O)c1cc(-c2cc(OC)ccc2OC)on1. The Morgan fingerprint density at radius 3 is 2.62 bits per heavy atom. The Bertz CT molecular complexity index is 787. The topological polar surface area (TPSA) is 93.9 Å². The largest absolute Gasteiger partial charge is 0.497 e. The van der Waals surface area contributed by atoms with Crippen LogP contribution in [-0.4, -0.2) is 55.7 Å². The Labute approximate surface area is 152 Å². The van der Waals surface area contributed by atoms with Crippen LogP contribution in [0.25, 0.3) is 11.3 Å². The average Bonchev–Trinajstić information content (AvgIpc) is 3.16. The van der Waals surface area contributed by atoms with Crippen molar-refractivity contribution in [2.45, 2.75) is 19.9 Å². The van der Waals surface area contributed by atoms with E-state index in [2.05, 4.69) is 10.5 Å². The molecule has 2 aromatic rings. The van der Waals surface area contributed by atoms with Crippen molar-refractivity contribution in [1.29, 1.82) is 0 Å². The molecule has 1 aromatic carbocycles. The van der Waals surface area contributed by atoms with E-state index in [4.69, 9.17) is 14.0 Å². The van der Waals surface area contributed by atoms with Crippen LogP contribution < -0.4 is 14.8 Å². The van der Waals surface area contributed by atoms with Crippen molar-refractivity contribution in [2.75, 3.05) is 27.8 Å². The number of carbonyl (C=O) groups excluding carboxylic acids is 2. The number of ether oxygens (including phenoxy) is 2. The summed E-state index contributed by atoms with van der Waals surface area (Å²) in [4.78, 5) is 25.9. The lowest BCUT2D eigenvalue weighted by Crippen LogP contribution is -2.45. The standard InChI is InChI=1S/C18H23N3O5/c1-6-21(3)18(23)11(2)19-17(22)14-10-16(26-20-14)13-9-12(24-4)7-8-15(13)25-5/h7-11H,6H2,1-5H3,(H,19,22)/t11-/m0/s1. The number of methoxy groups -OCH3 is 2. The van der Waals surface area contributed by atoms with Crippen molar-refractivity contribution in [2.24, 2.45) is 0 Å². The van der Waals surface area contributed by atoms with Gasteiger partial charge in [-0.25, -0.2) is 0 Å². The van der Waals surface area contributed by atoms with Gasteiger partial charge in [0.25, 0.3) is 5.91 Å². The predicted molar refractivity (Wildman–Crippen MR) is 95.3 cm³/mol. The highest BCUT2D eigenvalue weighted by atomic mass is 16.5. The maximum absolute atomic E-state index is 12.3. The minimum atomic E-state index is -0.668. The molecule has 140 valence electrons. The third kappa shape index (κ3) is 4.14. The van der Waals surface area contributed by atoms with Gasteiger partial charge >= 0.3 is 0 Å². The van der Waals surface area contributed by atoms with Gasteiger partial charge in [0, 0.05) is 19.7 Å². The summed E-state index contributed by atoms with van der Waals surface area (Å²) in [5, 5.41) is 6.41. The second-order valence-electron chi connectivity index (χ2n) is 5.69. The third-order valence-corrected chi connectivity index (χ3v) is 3.98. The van der Waals surface area contributed by atoms with Crippen molar-refractivity contribution >= 4 is 11.8 Å². The number of hydrogen-bond acceptors (Lipinski definition) is 6. The molecule has 1 atom stereocenters. The van der Waals surface area contributed by atoms with Gasteiger partial charge in [0.05, 0.1) is 19.8 Å². The molecule has 1 N–H and O–H groups in total. The van der Waals surface area contributed by atoms with Gasteiger partial charge in [-0.05, 0) is 32.0 Å². The Hall–Kier alpha value is -3.03. The normalized spacial score (nSPS) is 11.6. The molecule has 0 aliphatic heterocycles. The zero-order valence-electron chi connectivity index (χ0n) is 15.5. The minimum Gasteiger partial charge on any atom is -0.497 e. The highest BCUT2D eigenvalue weighted by Crippen LogP contribution is 2.33. The zero-order valence-corrected chi connectivity index (χ0v) is 15.5. The number of likely N-dealkylation sites (N-methyl/N-ethyl adjacent to an activating group) is 1. The fraction of sp³-hybridized carbons (Fsp3) is 0.389. The minimum absolute atomic E-state index is 0.0728. The first-order chi connectivity index (χ1) is 12.4. The van der Waals surface area contributed by atoms with E-state index >= 15 is 0 Å². The molecule has 0 saturated heterocycles. The summed E-state index contributed by atoms with van der Waals surface area (Å²) < 4.78 is 15.8. The molecule has 0 radical (unpaired) electrons. The van der Waals surface area contributed by atoms with Crippen molar-refractivity contribution in [3.05, 3.63) is 30.0 Å². The van der Waals surface area contributed by atoms with Gasteiger partial charge in [0.1, 0.15) is 17.5 Å². The van der Waals surface area contributed by atoms with Crippen molar-refractivity contribution in [3.8, 4) is 22.8 Å². The quantitative estimate of drug-likeness (QED) is 0.810. The molecule has 0 fully saturated rings. The molecular formula is C18H23N3O5. The summed E-state index contributed by atoms with van der Waals surface area (Å²) in [7, 11) is 4.76. The number of aromatic nitrogens is 1. The average molecular weight is 361 g/mol. The van der Waals surface area contributed by atoms with Gasteiger partial charge in [0.2, 0.25) is 5.91 Å². The molecule has 0 bridgehead atoms. The predicted octanol–water partition coefficient (Wildman–Crippen LogP) is 1.96. The van der Waals surface area contributed by atoms with Crippen LogP contribution in [0.15, 0.2) is 28.8 Å². The number of hydrogen-bond donors (Lipinski definition) is 1. The second-order valence-corrected chi connectivity index (χ2v) is 5.69. The highest BCUT2D eigenvalue weighted by molar-refractivity contribution is 5.96. The van der Waals surface area contributed by atoms with Crippen LogP contribution in [0.3, 0.4) is 0 Å². The van der Waals surface area contributed by atoms with Crippen molar-refractivity contribution in [3.63, 3.8) is 0 Å². The smallest absolute Gasteiger partial charge is 0.274 e. The first-order valence-corrected chi connectivity index (χ1v) is 8.16. The molecule has 26 heavy (non-hydrogen) atoms.